The minimum atomic E-state index is -0.120. The molecular weight excluding hydrogens is 496 g/mol. The van der Waals surface area contributed by atoms with Gasteiger partial charge in [0.2, 0.25) is 0 Å². The van der Waals surface area contributed by atoms with Crippen molar-refractivity contribution in [3.63, 3.8) is 0 Å². The normalized spacial score (nSPS) is 15.5. The van der Waals surface area contributed by atoms with Gasteiger partial charge >= 0.3 is 0 Å². The van der Waals surface area contributed by atoms with Gasteiger partial charge in [-0.3, -0.25) is 19.2 Å². The van der Waals surface area contributed by atoms with Gasteiger partial charge in [0.15, 0.2) is 23.1 Å². The summed E-state index contributed by atoms with van der Waals surface area (Å²) >= 11 is 0. The summed E-state index contributed by atoms with van der Waals surface area (Å²) in [7, 11) is 0. The third kappa shape index (κ3) is 2.13. The molecule has 0 amide bonds. The molecule has 4 nitrogen and oxygen atoms in total. The highest BCUT2D eigenvalue weighted by atomic mass is 16.2. The lowest BCUT2D eigenvalue weighted by Gasteiger charge is -2.23. The predicted octanol–water partition coefficient (Wildman–Crippen LogP) is 8.17. The molecule has 0 aliphatic heterocycles. The van der Waals surface area contributed by atoms with Crippen LogP contribution in [0.2, 0.25) is 0 Å². The lowest BCUT2D eigenvalue weighted by Crippen LogP contribution is -2.16. The first kappa shape index (κ1) is 20.7. The van der Waals surface area contributed by atoms with E-state index in [-0.39, 0.29) is 36.0 Å². The maximum Gasteiger partial charge on any atom is 0.171 e. The van der Waals surface area contributed by atoms with Crippen LogP contribution in [0.5, 0.6) is 0 Å². The highest BCUT2D eigenvalue weighted by molar-refractivity contribution is 6.45. The standard InChI is InChI=1S/C36H16O4/c37-27-13-28(38)24-11-7-21-17-3-4-18-22-8-12-26-30(40)14-29(39)25-10-6-20(34(22)36(25)26)16-2-1-15(31(17)32(16)18)19-5-9-23(27)35(24)33(19)21/h1-12H,13-14H2. The van der Waals surface area contributed by atoms with E-state index in [4.69, 9.17) is 0 Å². The second-order valence-electron chi connectivity index (χ2n) is 11.3. The molecule has 0 saturated carbocycles. The van der Waals surface area contributed by atoms with Crippen LogP contribution in [-0.2, 0) is 0 Å². The first-order chi connectivity index (χ1) is 19.5. The van der Waals surface area contributed by atoms with Gasteiger partial charge < -0.3 is 0 Å². The summed E-state index contributed by atoms with van der Waals surface area (Å²) in [6.07, 6.45) is -0.156. The fourth-order valence-electron chi connectivity index (χ4n) is 7.88. The van der Waals surface area contributed by atoms with E-state index >= 15 is 0 Å². The summed E-state index contributed by atoms with van der Waals surface area (Å²) in [6, 6.07) is 24.2. The van der Waals surface area contributed by atoms with Crippen LogP contribution in [0.15, 0.2) is 72.8 Å². The van der Waals surface area contributed by atoms with Crippen LogP contribution < -0.4 is 0 Å². The van der Waals surface area contributed by atoms with E-state index < -0.39 is 0 Å². The lowest BCUT2D eigenvalue weighted by molar-refractivity contribution is 0.0874. The van der Waals surface area contributed by atoms with Crippen LogP contribution >= 0.6 is 0 Å². The Morgan fingerprint density at radius 1 is 0.275 bits per heavy atom. The molecule has 0 aromatic heterocycles. The van der Waals surface area contributed by atoms with Crippen molar-refractivity contribution in [2.75, 3.05) is 0 Å². The van der Waals surface area contributed by atoms with E-state index in [0.717, 1.165) is 75.4 Å². The minimum absolute atomic E-state index is 0.0781. The minimum Gasteiger partial charge on any atom is -0.294 e. The molecule has 4 heteroatoms. The Hall–Kier alpha value is -5.22. The van der Waals surface area contributed by atoms with Crippen molar-refractivity contribution < 1.29 is 19.2 Å². The van der Waals surface area contributed by atoms with E-state index in [1.807, 2.05) is 48.5 Å². The van der Waals surface area contributed by atoms with Gasteiger partial charge in [-0.25, -0.2) is 0 Å². The molecule has 0 atom stereocenters. The summed E-state index contributed by atoms with van der Waals surface area (Å²) in [4.78, 5) is 51.4. The van der Waals surface area contributed by atoms with Crippen molar-refractivity contribution in [2.45, 2.75) is 12.8 Å². The highest BCUT2D eigenvalue weighted by Crippen LogP contribution is 2.49. The Labute approximate surface area is 225 Å². The van der Waals surface area contributed by atoms with Crippen molar-refractivity contribution in [1.82, 2.24) is 0 Å². The van der Waals surface area contributed by atoms with Crippen molar-refractivity contribution >= 4 is 98.5 Å². The number of ketones is 4. The molecule has 0 spiro atoms. The van der Waals surface area contributed by atoms with Crippen molar-refractivity contribution in [2.24, 2.45) is 0 Å². The van der Waals surface area contributed by atoms with Crippen LogP contribution in [0.3, 0.4) is 0 Å². The predicted molar refractivity (Wildman–Crippen MR) is 158 cm³/mol. The maximum atomic E-state index is 12.8. The van der Waals surface area contributed by atoms with E-state index in [1.165, 1.54) is 0 Å². The summed E-state index contributed by atoms with van der Waals surface area (Å²) in [5.41, 5.74) is 2.51. The highest BCUT2D eigenvalue weighted by Gasteiger charge is 2.30. The molecule has 0 N–H and O–H groups in total. The van der Waals surface area contributed by atoms with Crippen molar-refractivity contribution in [3.8, 4) is 0 Å². The van der Waals surface area contributed by atoms with Gasteiger partial charge in [-0.05, 0) is 64.6 Å². The SMILES string of the molecule is O=C1CC(=O)c2ccc3c4ccc5c6ccc7c8c(ccc(c9ccc(c%10ccc1c2c%103)c4c95)c86)C(=O)CC7=O. The number of carbonyl (C=O) groups is 4. The Morgan fingerprint density at radius 2 is 0.475 bits per heavy atom. The molecule has 10 rings (SSSR count). The van der Waals surface area contributed by atoms with Crippen LogP contribution in [0.4, 0.5) is 0 Å². The molecule has 0 saturated heterocycles. The van der Waals surface area contributed by atoms with Gasteiger partial charge in [0.25, 0.3) is 0 Å². The average molecular weight is 513 g/mol. The summed E-state index contributed by atoms with van der Waals surface area (Å²) in [6.45, 7) is 0. The Kier molecular flexibility index (Phi) is 3.36. The number of benzene rings is 8. The van der Waals surface area contributed by atoms with E-state index in [1.54, 1.807) is 0 Å². The maximum absolute atomic E-state index is 12.8. The largest absolute Gasteiger partial charge is 0.294 e. The number of carbonyl (C=O) groups excluding carboxylic acids is 4. The third-order valence-electron chi connectivity index (χ3n) is 9.49. The molecule has 2 aliphatic carbocycles. The van der Waals surface area contributed by atoms with Crippen LogP contribution in [0, 0.1) is 0 Å². The molecule has 0 bridgehead atoms. The van der Waals surface area contributed by atoms with Crippen LogP contribution in [0.25, 0.3) is 75.4 Å². The Bertz CT molecular complexity index is 2260. The van der Waals surface area contributed by atoms with Gasteiger partial charge in [0.05, 0.1) is 12.8 Å². The summed E-state index contributed by atoms with van der Waals surface area (Å²) in [5.74, 6) is -0.478. The van der Waals surface area contributed by atoms with E-state index in [9.17, 15) is 19.2 Å². The molecule has 0 heterocycles. The zero-order chi connectivity index (χ0) is 26.6. The summed E-state index contributed by atoms with van der Waals surface area (Å²) < 4.78 is 0. The lowest BCUT2D eigenvalue weighted by atomic mass is 9.78. The smallest absolute Gasteiger partial charge is 0.171 e. The van der Waals surface area contributed by atoms with Crippen molar-refractivity contribution in [3.05, 3.63) is 95.1 Å². The number of fused-ring (bicyclic) bond motifs is 4. The average Bonchev–Trinajstić information content (AvgIpc) is 2.97. The quantitative estimate of drug-likeness (QED) is 0.117. The number of rotatable bonds is 0. The van der Waals surface area contributed by atoms with Gasteiger partial charge in [-0.15, -0.1) is 0 Å². The zero-order valence-electron chi connectivity index (χ0n) is 21.0. The number of Topliss-reactive ketones (excluding diaryl/α,β-unsaturated/α-hetero) is 4. The number of hydrogen-bond donors (Lipinski definition) is 0. The van der Waals surface area contributed by atoms with Crippen LogP contribution in [-0.4, -0.2) is 23.1 Å². The molecule has 8 aromatic carbocycles. The molecule has 2 aliphatic rings. The van der Waals surface area contributed by atoms with Gasteiger partial charge in [-0.2, -0.15) is 0 Å². The molecule has 0 unspecified atom stereocenters. The third-order valence-corrected chi connectivity index (χ3v) is 9.49. The molecule has 184 valence electrons. The van der Waals surface area contributed by atoms with E-state index in [2.05, 4.69) is 24.3 Å². The fourth-order valence-corrected chi connectivity index (χ4v) is 7.88. The monoisotopic (exact) mass is 512 g/mol. The second-order valence-corrected chi connectivity index (χ2v) is 11.3. The second kappa shape index (κ2) is 6.49. The van der Waals surface area contributed by atoms with E-state index in [0.29, 0.717) is 22.3 Å². The molecular formula is C36H16O4. The molecule has 0 fully saturated rings. The van der Waals surface area contributed by atoms with Crippen LogP contribution in [0.1, 0.15) is 54.3 Å². The first-order valence-electron chi connectivity index (χ1n) is 13.4. The van der Waals surface area contributed by atoms with Crippen molar-refractivity contribution in [1.29, 1.82) is 0 Å². The first-order valence-corrected chi connectivity index (χ1v) is 13.4. The molecule has 0 radical (unpaired) electrons. The Morgan fingerprint density at radius 3 is 0.725 bits per heavy atom. The number of hydrogen-bond acceptors (Lipinski definition) is 4. The zero-order valence-corrected chi connectivity index (χ0v) is 21.0. The molecule has 8 aromatic rings. The Balaban J connectivity index is 1.47. The topological polar surface area (TPSA) is 68.3 Å². The van der Waals surface area contributed by atoms with Gasteiger partial charge in [0, 0.05) is 33.0 Å². The fraction of sp³-hybridized carbons (Fsp3) is 0.0556. The summed E-state index contributed by atoms with van der Waals surface area (Å²) in [5, 5.41) is 14.2. The van der Waals surface area contributed by atoms with Gasteiger partial charge in [0.1, 0.15) is 0 Å². The molecule has 40 heavy (non-hydrogen) atoms. The van der Waals surface area contributed by atoms with Gasteiger partial charge in [-0.1, -0.05) is 72.8 Å².